The highest BCUT2D eigenvalue weighted by atomic mass is 19.1. The van der Waals surface area contributed by atoms with E-state index in [9.17, 15) is 9.18 Å². The van der Waals surface area contributed by atoms with Crippen LogP contribution in [0.1, 0.15) is 22.3 Å². The van der Waals surface area contributed by atoms with E-state index in [1.807, 2.05) is 54.6 Å². The molecule has 0 saturated heterocycles. The molecule has 160 valence electrons. The zero-order chi connectivity index (χ0) is 22.8. The minimum atomic E-state index is -0.941. The lowest BCUT2D eigenvalue weighted by Crippen LogP contribution is -2.29. The Morgan fingerprint density at radius 2 is 1.79 bits per heavy atom. The van der Waals surface area contributed by atoms with Gasteiger partial charge in [0.25, 0.3) is 0 Å². The van der Waals surface area contributed by atoms with Crippen LogP contribution in [0.4, 0.5) is 10.4 Å². The maximum absolute atomic E-state index is 13.6. The van der Waals surface area contributed by atoms with E-state index < -0.39 is 12.0 Å². The summed E-state index contributed by atoms with van der Waals surface area (Å²) in [5.74, 6) is -0.696. The van der Waals surface area contributed by atoms with Crippen molar-refractivity contribution in [1.29, 1.82) is 5.26 Å². The molecule has 0 spiro atoms. The van der Waals surface area contributed by atoms with Crippen LogP contribution in [0.15, 0.2) is 82.2 Å². The number of nitrogens with one attached hydrogen (secondary N) is 1. The second-order valence-electron chi connectivity index (χ2n) is 7.41. The number of carbonyl (C=O) groups is 1. The maximum atomic E-state index is 13.6. The summed E-state index contributed by atoms with van der Waals surface area (Å²) < 4.78 is 19.2. The van der Waals surface area contributed by atoms with Crippen LogP contribution in [0.25, 0.3) is 11.5 Å². The summed E-state index contributed by atoms with van der Waals surface area (Å²) >= 11 is 0. The van der Waals surface area contributed by atoms with Crippen molar-refractivity contribution in [2.45, 2.75) is 12.6 Å². The average molecular weight is 437 g/mol. The highest BCUT2D eigenvalue weighted by Gasteiger charge is 2.27. The van der Waals surface area contributed by atoms with Gasteiger partial charge < -0.3 is 9.73 Å². The third-order valence-electron chi connectivity index (χ3n) is 5.27. The molecule has 5 rings (SSSR count). The molecule has 3 aromatic carbocycles. The van der Waals surface area contributed by atoms with Crippen molar-refractivity contribution in [2.75, 3.05) is 5.32 Å². The molecule has 0 aliphatic carbocycles. The molecule has 0 bridgehead atoms. The number of rotatable bonds is 4. The van der Waals surface area contributed by atoms with Crippen LogP contribution in [0.5, 0.6) is 0 Å². The number of nitriles is 1. The number of anilines is 1. The first-order valence-electron chi connectivity index (χ1n) is 10.2. The fourth-order valence-electron chi connectivity index (χ4n) is 3.66. The van der Waals surface area contributed by atoms with Gasteiger partial charge in [0.2, 0.25) is 5.89 Å². The van der Waals surface area contributed by atoms with Gasteiger partial charge in [-0.2, -0.15) is 5.26 Å². The zero-order valence-corrected chi connectivity index (χ0v) is 17.2. The summed E-state index contributed by atoms with van der Waals surface area (Å²) in [6.07, 6.45) is -0.748. The number of benzene rings is 3. The second-order valence-corrected chi connectivity index (χ2v) is 7.41. The minimum Gasteiger partial charge on any atom is -0.403 e. The summed E-state index contributed by atoms with van der Waals surface area (Å²) in [6.45, 7) is 0. The number of carbonyl (C=O) groups excluding carboxylic acids is 1. The highest BCUT2D eigenvalue weighted by molar-refractivity contribution is 6.16. The normalized spacial score (nSPS) is 15.2. The molecular weight excluding hydrogens is 421 g/mol. The largest absolute Gasteiger partial charge is 0.403 e. The van der Waals surface area contributed by atoms with Crippen molar-refractivity contribution in [3.8, 4) is 17.5 Å². The topological polar surface area (TPSA) is 104 Å². The Morgan fingerprint density at radius 3 is 2.61 bits per heavy atom. The molecule has 1 aliphatic rings. The SMILES string of the molecule is N#Cc1cc(-c2nnc(NC3N=C(c4ccccc4)c4ccccc4CC3=O)o2)ccc1F. The Kier molecular flexibility index (Phi) is 5.21. The predicted octanol–water partition coefficient (Wildman–Crippen LogP) is 4.15. The first-order valence-corrected chi connectivity index (χ1v) is 10.2. The Bertz CT molecular complexity index is 1420. The number of Topliss-reactive ketones (excluding diaryl/α,β-unsaturated/α-hetero) is 1. The van der Waals surface area contributed by atoms with Gasteiger partial charge in [-0.05, 0) is 23.8 Å². The molecule has 8 heteroatoms. The van der Waals surface area contributed by atoms with Gasteiger partial charge in [0, 0.05) is 23.1 Å². The van der Waals surface area contributed by atoms with Crippen molar-refractivity contribution in [1.82, 2.24) is 10.2 Å². The Morgan fingerprint density at radius 1 is 1.00 bits per heavy atom. The summed E-state index contributed by atoms with van der Waals surface area (Å²) in [4.78, 5) is 17.7. The van der Waals surface area contributed by atoms with Crippen molar-refractivity contribution in [3.63, 3.8) is 0 Å². The van der Waals surface area contributed by atoms with E-state index in [1.165, 1.54) is 12.1 Å². The molecule has 2 heterocycles. The first-order chi connectivity index (χ1) is 16.1. The van der Waals surface area contributed by atoms with E-state index in [0.717, 1.165) is 22.8 Å². The monoisotopic (exact) mass is 437 g/mol. The summed E-state index contributed by atoms with van der Waals surface area (Å²) in [7, 11) is 0. The molecule has 0 amide bonds. The van der Waals surface area contributed by atoms with Crippen LogP contribution < -0.4 is 5.32 Å². The fourth-order valence-corrected chi connectivity index (χ4v) is 3.66. The van der Waals surface area contributed by atoms with E-state index in [2.05, 4.69) is 15.5 Å². The molecule has 4 aromatic rings. The number of hydrogen-bond donors (Lipinski definition) is 1. The van der Waals surface area contributed by atoms with Crippen molar-refractivity contribution < 1.29 is 13.6 Å². The molecule has 1 N–H and O–H groups in total. The smallest absolute Gasteiger partial charge is 0.317 e. The van der Waals surface area contributed by atoms with Gasteiger partial charge in [-0.25, -0.2) is 4.39 Å². The van der Waals surface area contributed by atoms with E-state index in [1.54, 1.807) is 6.07 Å². The number of aromatic nitrogens is 2. The van der Waals surface area contributed by atoms with Gasteiger partial charge in [-0.1, -0.05) is 59.7 Å². The maximum Gasteiger partial charge on any atom is 0.317 e. The molecule has 0 radical (unpaired) electrons. The van der Waals surface area contributed by atoms with Gasteiger partial charge in [0.1, 0.15) is 11.9 Å². The molecule has 0 saturated carbocycles. The number of aliphatic imine (C=N–C) groups is 1. The summed E-state index contributed by atoms with van der Waals surface area (Å²) in [6, 6.07) is 23.0. The number of nitrogens with zero attached hydrogens (tertiary/aromatic N) is 4. The number of hydrogen-bond acceptors (Lipinski definition) is 7. The zero-order valence-electron chi connectivity index (χ0n) is 17.2. The van der Waals surface area contributed by atoms with Crippen LogP contribution >= 0.6 is 0 Å². The first kappa shape index (κ1) is 20.3. The highest BCUT2D eigenvalue weighted by Crippen LogP contribution is 2.25. The van der Waals surface area contributed by atoms with Gasteiger partial charge in [0.15, 0.2) is 11.9 Å². The third kappa shape index (κ3) is 4.00. The molecular formula is C25H16FN5O2. The molecule has 7 nitrogen and oxygen atoms in total. The van der Waals surface area contributed by atoms with Gasteiger partial charge >= 0.3 is 6.01 Å². The Labute approximate surface area is 188 Å². The van der Waals surface area contributed by atoms with Gasteiger partial charge in [-0.3, -0.25) is 9.79 Å². The molecule has 33 heavy (non-hydrogen) atoms. The molecule has 1 atom stereocenters. The van der Waals surface area contributed by atoms with Crippen LogP contribution in [-0.4, -0.2) is 27.9 Å². The minimum absolute atomic E-state index is 0.00620. The van der Waals surface area contributed by atoms with Crippen LogP contribution in [0, 0.1) is 17.1 Å². The lowest BCUT2D eigenvalue weighted by molar-refractivity contribution is -0.119. The number of halogens is 1. The third-order valence-corrected chi connectivity index (χ3v) is 5.27. The number of ketones is 1. The molecule has 1 aromatic heterocycles. The van der Waals surface area contributed by atoms with E-state index >= 15 is 0 Å². The van der Waals surface area contributed by atoms with E-state index in [-0.39, 0.29) is 29.7 Å². The summed E-state index contributed by atoms with van der Waals surface area (Å²) in [5.41, 5.74) is 3.61. The second kappa shape index (κ2) is 8.48. The summed E-state index contributed by atoms with van der Waals surface area (Å²) in [5, 5.41) is 19.9. The van der Waals surface area contributed by atoms with Gasteiger partial charge in [-0.15, -0.1) is 5.10 Å². The van der Waals surface area contributed by atoms with E-state index in [0.29, 0.717) is 11.3 Å². The van der Waals surface area contributed by atoms with Crippen molar-refractivity contribution in [2.24, 2.45) is 4.99 Å². The Balaban J connectivity index is 1.49. The lowest BCUT2D eigenvalue weighted by Gasteiger charge is -2.11. The van der Waals surface area contributed by atoms with Crippen LogP contribution in [-0.2, 0) is 11.2 Å². The molecule has 1 unspecified atom stereocenters. The standard InChI is InChI=1S/C25H16FN5O2/c26-20-11-10-17(12-18(20)14-27)24-30-31-25(33-24)29-23-21(32)13-16-8-4-5-9-19(16)22(28-23)15-6-2-1-3-7-15/h1-12,23H,13H2,(H,29,31). The lowest BCUT2D eigenvalue weighted by atomic mass is 9.96. The van der Waals surface area contributed by atoms with Crippen molar-refractivity contribution >= 4 is 17.5 Å². The van der Waals surface area contributed by atoms with Crippen LogP contribution in [0.3, 0.4) is 0 Å². The predicted molar refractivity (Wildman–Crippen MR) is 119 cm³/mol. The van der Waals surface area contributed by atoms with Crippen molar-refractivity contribution in [3.05, 3.63) is 101 Å². The average Bonchev–Trinajstić information content (AvgIpc) is 3.26. The van der Waals surface area contributed by atoms with E-state index in [4.69, 9.17) is 14.7 Å². The number of fused-ring (bicyclic) bond motifs is 1. The quantitative estimate of drug-likeness (QED) is 0.514. The fraction of sp³-hybridized carbons (Fsp3) is 0.0800. The molecule has 1 aliphatic heterocycles. The van der Waals surface area contributed by atoms with Gasteiger partial charge in [0.05, 0.1) is 11.3 Å². The molecule has 0 fully saturated rings. The van der Waals surface area contributed by atoms with Crippen LogP contribution in [0.2, 0.25) is 0 Å². The Hall–Kier alpha value is -4.64.